The van der Waals surface area contributed by atoms with E-state index in [1.54, 1.807) is 18.3 Å². The Morgan fingerprint density at radius 3 is 2.76 bits per heavy atom. The van der Waals surface area contributed by atoms with Crippen molar-refractivity contribution in [1.29, 1.82) is 0 Å². The highest BCUT2D eigenvalue weighted by molar-refractivity contribution is 5.93. The molecule has 2 aromatic rings. The van der Waals surface area contributed by atoms with Gasteiger partial charge in [-0.15, -0.1) is 0 Å². The molecule has 2 rings (SSSR count). The fourth-order valence-corrected chi connectivity index (χ4v) is 1.47. The number of nitrogens with two attached hydrogens (primary N) is 1. The molecule has 0 bridgehead atoms. The molecule has 1 amide bonds. The van der Waals surface area contributed by atoms with Gasteiger partial charge in [0.1, 0.15) is 0 Å². The van der Waals surface area contributed by atoms with Crippen LogP contribution in [0.4, 0.5) is 5.69 Å². The number of anilines is 1. The molecule has 0 atom stereocenters. The number of nitrogens with one attached hydrogen (secondary N) is 1. The second-order valence-corrected chi connectivity index (χ2v) is 3.62. The molecule has 1 aromatic heterocycles. The van der Waals surface area contributed by atoms with Gasteiger partial charge in [-0.25, -0.2) is 0 Å². The number of hydrogen-bond donors (Lipinski definition) is 2. The Hall–Kier alpha value is -2.36. The molecule has 86 valence electrons. The number of aromatic nitrogens is 1. The van der Waals surface area contributed by atoms with Gasteiger partial charge >= 0.3 is 0 Å². The predicted molar refractivity (Wildman–Crippen MR) is 66.3 cm³/mol. The summed E-state index contributed by atoms with van der Waals surface area (Å²) in [5.74, 6) is -0.152. The minimum absolute atomic E-state index is 0.152. The van der Waals surface area contributed by atoms with Crippen LogP contribution in [0.25, 0.3) is 0 Å². The Balaban J connectivity index is 2.00. The van der Waals surface area contributed by atoms with E-state index in [9.17, 15) is 4.79 Å². The van der Waals surface area contributed by atoms with E-state index in [2.05, 4.69) is 10.3 Å². The van der Waals surface area contributed by atoms with E-state index in [-0.39, 0.29) is 5.91 Å². The Labute approximate surface area is 99.5 Å². The fourth-order valence-electron chi connectivity index (χ4n) is 1.47. The number of nitrogen functional groups attached to an aromatic ring is 1. The first kappa shape index (κ1) is 11.1. The van der Waals surface area contributed by atoms with Gasteiger partial charge in [0.05, 0.1) is 5.56 Å². The first-order chi connectivity index (χ1) is 8.27. The van der Waals surface area contributed by atoms with Gasteiger partial charge in [0.2, 0.25) is 0 Å². The molecule has 0 aliphatic rings. The number of para-hydroxylation sites is 1. The Kier molecular flexibility index (Phi) is 3.35. The summed E-state index contributed by atoms with van der Waals surface area (Å²) in [7, 11) is 0. The van der Waals surface area contributed by atoms with E-state index in [0.717, 1.165) is 5.56 Å². The average molecular weight is 227 g/mol. The van der Waals surface area contributed by atoms with Crippen LogP contribution in [0.2, 0.25) is 0 Å². The summed E-state index contributed by atoms with van der Waals surface area (Å²) in [4.78, 5) is 15.6. The summed E-state index contributed by atoms with van der Waals surface area (Å²) in [5.41, 5.74) is 7.91. The van der Waals surface area contributed by atoms with Crippen LogP contribution in [0.3, 0.4) is 0 Å². The maximum atomic E-state index is 11.7. The first-order valence-electron chi connectivity index (χ1n) is 5.29. The standard InChI is InChI=1S/C13H13N3O/c14-12-6-2-1-4-10(12)9-16-13(17)11-5-3-7-15-8-11/h1-8H,9,14H2,(H,16,17). The van der Waals surface area contributed by atoms with Crippen molar-refractivity contribution in [2.45, 2.75) is 6.54 Å². The van der Waals surface area contributed by atoms with Gasteiger partial charge in [0.15, 0.2) is 0 Å². The molecule has 1 heterocycles. The summed E-state index contributed by atoms with van der Waals surface area (Å²) in [5, 5.41) is 2.80. The van der Waals surface area contributed by atoms with Crippen LogP contribution < -0.4 is 11.1 Å². The molecule has 3 N–H and O–H groups in total. The molecule has 0 aliphatic heterocycles. The maximum absolute atomic E-state index is 11.7. The molecule has 0 radical (unpaired) electrons. The van der Waals surface area contributed by atoms with Crippen LogP contribution in [0.1, 0.15) is 15.9 Å². The molecule has 0 saturated carbocycles. The zero-order valence-electron chi connectivity index (χ0n) is 9.26. The number of rotatable bonds is 3. The van der Waals surface area contributed by atoms with Crippen LogP contribution in [-0.4, -0.2) is 10.9 Å². The zero-order valence-corrected chi connectivity index (χ0v) is 9.26. The van der Waals surface area contributed by atoms with Crippen LogP contribution in [0.5, 0.6) is 0 Å². The van der Waals surface area contributed by atoms with Crippen molar-refractivity contribution in [1.82, 2.24) is 10.3 Å². The van der Waals surface area contributed by atoms with Crippen molar-refractivity contribution < 1.29 is 4.79 Å². The molecule has 1 aromatic carbocycles. The Morgan fingerprint density at radius 2 is 2.06 bits per heavy atom. The number of benzene rings is 1. The summed E-state index contributed by atoms with van der Waals surface area (Å²) in [6.07, 6.45) is 3.16. The SMILES string of the molecule is Nc1ccccc1CNC(=O)c1cccnc1. The van der Waals surface area contributed by atoms with E-state index in [0.29, 0.717) is 17.8 Å². The lowest BCUT2D eigenvalue weighted by atomic mass is 10.2. The fraction of sp³-hybridized carbons (Fsp3) is 0.0769. The molecular weight excluding hydrogens is 214 g/mol. The van der Waals surface area contributed by atoms with Crippen molar-refractivity contribution in [3.8, 4) is 0 Å². The molecule has 0 saturated heterocycles. The summed E-state index contributed by atoms with van der Waals surface area (Å²) in [6, 6.07) is 10.9. The molecule has 0 fully saturated rings. The topological polar surface area (TPSA) is 68.0 Å². The smallest absolute Gasteiger partial charge is 0.253 e. The largest absolute Gasteiger partial charge is 0.398 e. The van der Waals surface area contributed by atoms with Gasteiger partial charge in [-0.3, -0.25) is 9.78 Å². The van der Waals surface area contributed by atoms with Crippen LogP contribution in [0.15, 0.2) is 48.8 Å². The predicted octanol–water partition coefficient (Wildman–Crippen LogP) is 1.59. The lowest BCUT2D eigenvalue weighted by molar-refractivity contribution is 0.0950. The molecule has 4 nitrogen and oxygen atoms in total. The van der Waals surface area contributed by atoms with Gasteiger partial charge in [-0.05, 0) is 23.8 Å². The zero-order chi connectivity index (χ0) is 12.1. The third kappa shape index (κ3) is 2.81. The van der Waals surface area contributed by atoms with E-state index >= 15 is 0 Å². The van der Waals surface area contributed by atoms with E-state index < -0.39 is 0 Å². The lowest BCUT2D eigenvalue weighted by Gasteiger charge is -2.07. The first-order valence-corrected chi connectivity index (χ1v) is 5.29. The highest BCUT2D eigenvalue weighted by atomic mass is 16.1. The van der Waals surface area contributed by atoms with Crippen LogP contribution in [-0.2, 0) is 6.54 Å². The quantitative estimate of drug-likeness (QED) is 0.782. The third-order valence-corrected chi connectivity index (χ3v) is 2.42. The van der Waals surface area contributed by atoms with Crippen LogP contribution >= 0.6 is 0 Å². The normalized spacial score (nSPS) is 9.88. The lowest BCUT2D eigenvalue weighted by Crippen LogP contribution is -2.23. The number of hydrogen-bond acceptors (Lipinski definition) is 3. The maximum Gasteiger partial charge on any atom is 0.253 e. The van der Waals surface area contributed by atoms with Crippen molar-refractivity contribution in [3.05, 3.63) is 59.9 Å². The number of carbonyl (C=O) groups is 1. The molecule has 0 unspecified atom stereocenters. The second-order valence-electron chi connectivity index (χ2n) is 3.62. The molecule has 0 aliphatic carbocycles. The van der Waals surface area contributed by atoms with Gasteiger partial charge in [-0.1, -0.05) is 18.2 Å². The number of amides is 1. The van der Waals surface area contributed by atoms with Crippen molar-refractivity contribution >= 4 is 11.6 Å². The van der Waals surface area contributed by atoms with Crippen molar-refractivity contribution in [3.63, 3.8) is 0 Å². The monoisotopic (exact) mass is 227 g/mol. The minimum Gasteiger partial charge on any atom is -0.398 e. The summed E-state index contributed by atoms with van der Waals surface area (Å²) < 4.78 is 0. The van der Waals surface area contributed by atoms with E-state index in [1.807, 2.05) is 24.3 Å². The molecule has 0 spiro atoms. The van der Waals surface area contributed by atoms with Gasteiger partial charge < -0.3 is 11.1 Å². The van der Waals surface area contributed by atoms with E-state index in [1.165, 1.54) is 6.20 Å². The molecule has 17 heavy (non-hydrogen) atoms. The highest BCUT2D eigenvalue weighted by Gasteiger charge is 2.05. The van der Waals surface area contributed by atoms with Crippen molar-refractivity contribution in [2.75, 3.05) is 5.73 Å². The van der Waals surface area contributed by atoms with Crippen LogP contribution in [0, 0.1) is 0 Å². The highest BCUT2D eigenvalue weighted by Crippen LogP contribution is 2.09. The minimum atomic E-state index is -0.152. The second kappa shape index (κ2) is 5.12. The van der Waals surface area contributed by atoms with Gasteiger partial charge in [0.25, 0.3) is 5.91 Å². The van der Waals surface area contributed by atoms with E-state index in [4.69, 9.17) is 5.73 Å². The molecule has 4 heteroatoms. The van der Waals surface area contributed by atoms with Crippen molar-refractivity contribution in [2.24, 2.45) is 0 Å². The number of nitrogens with zero attached hydrogens (tertiary/aromatic N) is 1. The average Bonchev–Trinajstić information content (AvgIpc) is 2.38. The number of carbonyl (C=O) groups excluding carboxylic acids is 1. The van der Waals surface area contributed by atoms with Gasteiger partial charge in [-0.2, -0.15) is 0 Å². The Morgan fingerprint density at radius 1 is 1.24 bits per heavy atom. The molecular formula is C13H13N3O. The number of pyridine rings is 1. The Bertz CT molecular complexity index is 511. The third-order valence-electron chi connectivity index (χ3n) is 2.42. The summed E-state index contributed by atoms with van der Waals surface area (Å²) in [6.45, 7) is 0.417. The summed E-state index contributed by atoms with van der Waals surface area (Å²) >= 11 is 0. The van der Waals surface area contributed by atoms with Gasteiger partial charge in [0, 0.05) is 24.6 Å².